The maximum Gasteiger partial charge on any atom is 0.250 e. The Hall–Kier alpha value is -0.400. The van der Waals surface area contributed by atoms with Gasteiger partial charge < -0.3 is 5.11 Å². The highest BCUT2D eigenvalue weighted by Gasteiger charge is 2.17. The highest BCUT2D eigenvalue weighted by atomic mass is 35.5. The van der Waals surface area contributed by atoms with Crippen LogP contribution in [0, 0.1) is 0 Å². The lowest BCUT2D eigenvalue weighted by Gasteiger charge is -2.09. The second-order valence-corrected chi connectivity index (χ2v) is 8.12. The summed E-state index contributed by atoms with van der Waals surface area (Å²) < 4.78 is 26.7. The van der Waals surface area contributed by atoms with Crippen LogP contribution in [0.2, 0.25) is 4.34 Å². The van der Waals surface area contributed by atoms with E-state index in [4.69, 9.17) is 11.6 Å². The Morgan fingerprint density at radius 3 is 2.80 bits per heavy atom. The molecule has 1 rings (SSSR count). The summed E-state index contributed by atoms with van der Waals surface area (Å²) in [4.78, 5) is 0. The van der Waals surface area contributed by atoms with Crippen molar-refractivity contribution in [2.75, 3.05) is 6.54 Å². The van der Waals surface area contributed by atoms with E-state index in [-0.39, 0.29) is 10.8 Å². The number of hydrogen-bond donors (Lipinski definition) is 2. The van der Waals surface area contributed by atoms with E-state index in [1.54, 1.807) is 0 Å². The first kappa shape index (κ1) is 17.7. The fourth-order valence-corrected chi connectivity index (χ4v) is 4.10. The summed E-state index contributed by atoms with van der Waals surface area (Å²) in [5.74, 6) is 0. The van der Waals surface area contributed by atoms with Crippen LogP contribution in [0.25, 0.3) is 0 Å². The predicted molar refractivity (Wildman–Crippen MR) is 83.8 cm³/mol. The predicted octanol–water partition coefficient (Wildman–Crippen LogP) is 3.18. The summed E-state index contributed by atoms with van der Waals surface area (Å²) in [5.41, 5.74) is 0. The van der Waals surface area contributed by atoms with Crippen LogP contribution in [-0.4, -0.2) is 26.2 Å². The smallest absolute Gasteiger partial charge is 0.250 e. The highest BCUT2D eigenvalue weighted by molar-refractivity contribution is 7.91. The van der Waals surface area contributed by atoms with Crippen LogP contribution in [0.3, 0.4) is 0 Å². The zero-order valence-corrected chi connectivity index (χ0v) is 13.8. The topological polar surface area (TPSA) is 66.4 Å². The maximum absolute atomic E-state index is 11.9. The fourth-order valence-electron chi connectivity index (χ4n) is 1.50. The zero-order chi connectivity index (χ0) is 15.0. The molecular weight excluding hydrogens is 318 g/mol. The number of rotatable bonds is 9. The highest BCUT2D eigenvalue weighted by Crippen LogP contribution is 2.25. The molecule has 4 nitrogen and oxygen atoms in total. The van der Waals surface area contributed by atoms with Gasteiger partial charge in [-0.3, -0.25) is 0 Å². The van der Waals surface area contributed by atoms with Crippen molar-refractivity contribution >= 4 is 33.0 Å². The van der Waals surface area contributed by atoms with Crippen molar-refractivity contribution in [2.45, 2.75) is 42.9 Å². The molecule has 0 aliphatic carbocycles. The summed E-state index contributed by atoms with van der Waals surface area (Å²) in [5, 5.41) is 9.72. The van der Waals surface area contributed by atoms with E-state index in [1.165, 1.54) is 12.1 Å². The lowest BCUT2D eigenvalue weighted by Crippen LogP contribution is -2.31. The summed E-state index contributed by atoms with van der Waals surface area (Å²) in [6, 6.07) is 2.99. The standard InChI is InChI=1S/C13H20ClNO3S2/c1-2-3-4-5-6-7-11(16)10-15-20(17,18)13-9-8-12(14)19-13/h5-6,8-9,11,15-16H,2-4,7,10H2,1H3/t11-/m0/s1. The number of allylic oxidation sites excluding steroid dienone is 1. The molecule has 7 heteroatoms. The number of nitrogens with one attached hydrogen (secondary N) is 1. The van der Waals surface area contributed by atoms with Crippen molar-refractivity contribution in [3.8, 4) is 0 Å². The molecule has 0 spiro atoms. The third-order valence-electron chi connectivity index (χ3n) is 2.62. The number of aliphatic hydroxyl groups excluding tert-OH is 1. The number of halogens is 1. The van der Waals surface area contributed by atoms with Gasteiger partial charge in [0, 0.05) is 6.54 Å². The molecule has 0 saturated heterocycles. The number of sulfonamides is 1. The molecule has 2 N–H and O–H groups in total. The van der Waals surface area contributed by atoms with Crippen molar-refractivity contribution in [1.82, 2.24) is 4.72 Å². The number of aliphatic hydroxyl groups is 1. The van der Waals surface area contributed by atoms with E-state index in [0.717, 1.165) is 30.6 Å². The second-order valence-electron chi connectivity index (χ2n) is 4.41. The fraction of sp³-hybridized carbons (Fsp3) is 0.538. The molecule has 0 fully saturated rings. The molecule has 0 aliphatic heterocycles. The first-order valence-corrected chi connectivity index (χ1v) is 9.21. The Bertz CT molecular complexity index is 525. The Kier molecular flexibility index (Phi) is 7.76. The molecule has 0 aromatic carbocycles. The minimum Gasteiger partial charge on any atom is -0.391 e. The maximum atomic E-state index is 11.9. The average Bonchev–Trinajstić information content (AvgIpc) is 2.84. The van der Waals surface area contributed by atoms with E-state index in [1.807, 2.05) is 12.2 Å². The van der Waals surface area contributed by atoms with Gasteiger partial charge in [0.1, 0.15) is 4.21 Å². The van der Waals surface area contributed by atoms with Crippen molar-refractivity contribution in [2.24, 2.45) is 0 Å². The Morgan fingerprint density at radius 1 is 1.45 bits per heavy atom. The van der Waals surface area contributed by atoms with Gasteiger partial charge in [0.05, 0.1) is 10.4 Å². The van der Waals surface area contributed by atoms with E-state index in [0.29, 0.717) is 10.8 Å². The van der Waals surface area contributed by atoms with Gasteiger partial charge in [-0.2, -0.15) is 0 Å². The van der Waals surface area contributed by atoms with E-state index in [9.17, 15) is 13.5 Å². The minimum atomic E-state index is -3.57. The molecular formula is C13H20ClNO3S2. The van der Waals surface area contributed by atoms with Crippen molar-refractivity contribution in [3.63, 3.8) is 0 Å². The molecule has 1 aromatic heterocycles. The first-order valence-electron chi connectivity index (χ1n) is 6.53. The molecule has 1 atom stereocenters. The molecule has 0 radical (unpaired) electrons. The quantitative estimate of drug-likeness (QED) is 0.537. The van der Waals surface area contributed by atoms with Gasteiger partial charge in [0.15, 0.2) is 0 Å². The molecule has 0 bridgehead atoms. The average molecular weight is 338 g/mol. The van der Waals surface area contributed by atoms with Crippen LogP contribution in [0.1, 0.15) is 32.6 Å². The number of thiophene rings is 1. The van der Waals surface area contributed by atoms with Crippen LogP contribution in [0.15, 0.2) is 28.5 Å². The van der Waals surface area contributed by atoms with Crippen LogP contribution in [-0.2, 0) is 10.0 Å². The molecule has 20 heavy (non-hydrogen) atoms. The van der Waals surface area contributed by atoms with E-state index >= 15 is 0 Å². The Labute approximate surface area is 129 Å². The number of hydrogen-bond acceptors (Lipinski definition) is 4. The van der Waals surface area contributed by atoms with Crippen molar-refractivity contribution in [1.29, 1.82) is 0 Å². The monoisotopic (exact) mass is 337 g/mol. The largest absolute Gasteiger partial charge is 0.391 e. The zero-order valence-electron chi connectivity index (χ0n) is 11.4. The van der Waals surface area contributed by atoms with Gasteiger partial charge in [0.2, 0.25) is 10.0 Å². The molecule has 0 unspecified atom stereocenters. The normalized spacial score (nSPS) is 13.9. The molecule has 0 amide bonds. The molecule has 0 aliphatic rings. The van der Waals surface area contributed by atoms with E-state index in [2.05, 4.69) is 11.6 Å². The molecule has 114 valence electrons. The Balaban J connectivity index is 2.37. The first-order chi connectivity index (χ1) is 9.45. The summed E-state index contributed by atoms with van der Waals surface area (Å²) in [6.45, 7) is 2.12. The third kappa shape index (κ3) is 6.37. The van der Waals surface area contributed by atoms with Crippen LogP contribution >= 0.6 is 22.9 Å². The van der Waals surface area contributed by atoms with Gasteiger partial charge >= 0.3 is 0 Å². The van der Waals surface area contributed by atoms with Gasteiger partial charge in [-0.1, -0.05) is 43.5 Å². The lowest BCUT2D eigenvalue weighted by molar-refractivity contribution is 0.181. The molecule has 1 aromatic rings. The van der Waals surface area contributed by atoms with Crippen LogP contribution < -0.4 is 4.72 Å². The van der Waals surface area contributed by atoms with E-state index < -0.39 is 16.1 Å². The van der Waals surface area contributed by atoms with Crippen molar-refractivity contribution in [3.05, 3.63) is 28.6 Å². The van der Waals surface area contributed by atoms with Crippen LogP contribution in [0.5, 0.6) is 0 Å². The van der Waals surface area contributed by atoms with Gasteiger partial charge in [-0.15, -0.1) is 11.3 Å². The minimum absolute atomic E-state index is 0.00400. The SMILES string of the molecule is CCCCC=CC[C@H](O)CNS(=O)(=O)c1ccc(Cl)s1. The summed E-state index contributed by atoms with van der Waals surface area (Å²) in [7, 11) is -3.57. The van der Waals surface area contributed by atoms with Crippen molar-refractivity contribution < 1.29 is 13.5 Å². The van der Waals surface area contributed by atoms with Gasteiger partial charge in [0.25, 0.3) is 0 Å². The summed E-state index contributed by atoms with van der Waals surface area (Å²) in [6.07, 6.45) is 6.86. The number of unbranched alkanes of at least 4 members (excludes halogenated alkanes) is 2. The second kappa shape index (κ2) is 8.79. The van der Waals surface area contributed by atoms with Gasteiger partial charge in [-0.05, 0) is 25.0 Å². The van der Waals surface area contributed by atoms with Gasteiger partial charge in [-0.25, -0.2) is 13.1 Å². The molecule has 0 saturated carbocycles. The van der Waals surface area contributed by atoms with Crippen LogP contribution in [0.4, 0.5) is 0 Å². The Morgan fingerprint density at radius 2 is 2.20 bits per heavy atom. The lowest BCUT2D eigenvalue weighted by atomic mass is 10.2. The third-order valence-corrected chi connectivity index (χ3v) is 5.77. The summed E-state index contributed by atoms with van der Waals surface area (Å²) >= 11 is 6.70. The molecule has 1 heterocycles.